The number of rotatable bonds is 9. The van der Waals surface area contributed by atoms with Crippen LogP contribution in [-0.4, -0.2) is 26.2 Å². The van der Waals surface area contributed by atoms with Crippen molar-refractivity contribution in [1.29, 1.82) is 0 Å². The molecule has 30 heavy (non-hydrogen) atoms. The maximum atomic E-state index is 12.5. The lowest BCUT2D eigenvalue weighted by Gasteiger charge is -2.17. The van der Waals surface area contributed by atoms with Crippen molar-refractivity contribution in [1.82, 2.24) is 0 Å². The molecule has 3 aromatic rings. The van der Waals surface area contributed by atoms with Gasteiger partial charge in [-0.05, 0) is 48.9 Å². The minimum atomic E-state index is -0.447. The second-order valence-corrected chi connectivity index (χ2v) is 6.72. The summed E-state index contributed by atoms with van der Waals surface area (Å²) in [5.74, 6) is 1.83. The molecule has 0 aliphatic heterocycles. The highest BCUT2D eigenvalue weighted by Gasteiger charge is 2.14. The van der Waals surface area contributed by atoms with E-state index < -0.39 is 6.04 Å². The van der Waals surface area contributed by atoms with Crippen LogP contribution in [0.5, 0.6) is 17.2 Å². The van der Waals surface area contributed by atoms with Crippen LogP contribution in [0.1, 0.15) is 12.5 Å². The standard InChI is InChI=1S/C24H26N2O4/c1-17(25-20-11-14-22(28-2)23(15-20)29-3)24(27)26-19-9-12-21(13-10-19)30-16-18-7-5-4-6-8-18/h4-15,17,25H,16H2,1-3H3,(H,26,27). The van der Waals surface area contributed by atoms with Gasteiger partial charge in [0.05, 0.1) is 14.2 Å². The predicted molar refractivity (Wildman–Crippen MR) is 118 cm³/mol. The highest BCUT2D eigenvalue weighted by molar-refractivity contribution is 5.96. The number of amides is 1. The van der Waals surface area contributed by atoms with Crippen LogP contribution >= 0.6 is 0 Å². The summed E-state index contributed by atoms with van der Waals surface area (Å²) in [5, 5.41) is 6.07. The molecule has 2 N–H and O–H groups in total. The molecule has 0 aliphatic rings. The first-order valence-electron chi connectivity index (χ1n) is 9.65. The van der Waals surface area contributed by atoms with E-state index in [1.165, 1.54) is 0 Å². The van der Waals surface area contributed by atoms with Crippen molar-refractivity contribution in [3.05, 3.63) is 78.4 Å². The molecule has 3 rings (SSSR count). The number of carbonyl (C=O) groups excluding carboxylic acids is 1. The third-order valence-electron chi connectivity index (χ3n) is 4.53. The lowest BCUT2D eigenvalue weighted by Crippen LogP contribution is -2.31. The van der Waals surface area contributed by atoms with Gasteiger partial charge in [-0.25, -0.2) is 0 Å². The lowest BCUT2D eigenvalue weighted by molar-refractivity contribution is -0.116. The number of nitrogens with one attached hydrogen (secondary N) is 2. The quantitative estimate of drug-likeness (QED) is 0.538. The molecule has 0 spiro atoms. The molecule has 6 nitrogen and oxygen atoms in total. The average molecular weight is 406 g/mol. The normalized spacial score (nSPS) is 11.3. The maximum Gasteiger partial charge on any atom is 0.246 e. The van der Waals surface area contributed by atoms with Crippen LogP contribution in [0, 0.1) is 0 Å². The van der Waals surface area contributed by atoms with Gasteiger partial charge < -0.3 is 24.8 Å². The van der Waals surface area contributed by atoms with Gasteiger partial charge in [0.2, 0.25) is 5.91 Å². The number of carbonyl (C=O) groups is 1. The second kappa shape index (κ2) is 10.2. The minimum Gasteiger partial charge on any atom is -0.493 e. The van der Waals surface area contributed by atoms with E-state index in [0.717, 1.165) is 17.0 Å². The number of benzene rings is 3. The Balaban J connectivity index is 1.53. The Morgan fingerprint density at radius 1 is 0.867 bits per heavy atom. The smallest absolute Gasteiger partial charge is 0.246 e. The zero-order chi connectivity index (χ0) is 21.3. The maximum absolute atomic E-state index is 12.5. The van der Waals surface area contributed by atoms with Gasteiger partial charge in [-0.15, -0.1) is 0 Å². The van der Waals surface area contributed by atoms with E-state index in [4.69, 9.17) is 14.2 Å². The zero-order valence-electron chi connectivity index (χ0n) is 17.3. The van der Waals surface area contributed by atoms with E-state index in [1.807, 2.05) is 60.7 Å². The summed E-state index contributed by atoms with van der Waals surface area (Å²) < 4.78 is 16.3. The Morgan fingerprint density at radius 2 is 1.53 bits per heavy atom. The summed E-state index contributed by atoms with van der Waals surface area (Å²) in [6, 6.07) is 22.3. The number of methoxy groups -OCH3 is 2. The van der Waals surface area contributed by atoms with E-state index >= 15 is 0 Å². The predicted octanol–water partition coefficient (Wildman–Crippen LogP) is 4.72. The Labute approximate surface area is 176 Å². The van der Waals surface area contributed by atoms with Crippen LogP contribution < -0.4 is 24.8 Å². The van der Waals surface area contributed by atoms with E-state index in [0.29, 0.717) is 23.8 Å². The van der Waals surface area contributed by atoms with Gasteiger partial charge in [0.25, 0.3) is 0 Å². The lowest BCUT2D eigenvalue weighted by atomic mass is 10.2. The van der Waals surface area contributed by atoms with Crippen molar-refractivity contribution in [3.63, 3.8) is 0 Å². The molecule has 3 aromatic carbocycles. The highest BCUT2D eigenvalue weighted by atomic mass is 16.5. The summed E-state index contributed by atoms with van der Waals surface area (Å²) in [6.45, 7) is 2.29. The molecule has 6 heteroatoms. The minimum absolute atomic E-state index is 0.150. The fourth-order valence-corrected chi connectivity index (χ4v) is 2.87. The van der Waals surface area contributed by atoms with Crippen molar-refractivity contribution in [2.24, 2.45) is 0 Å². The molecule has 1 atom stereocenters. The van der Waals surface area contributed by atoms with E-state index in [1.54, 1.807) is 33.3 Å². The molecule has 1 amide bonds. The summed E-state index contributed by atoms with van der Waals surface area (Å²) in [7, 11) is 3.16. The Morgan fingerprint density at radius 3 is 2.20 bits per heavy atom. The van der Waals surface area contributed by atoms with Gasteiger partial charge in [0.15, 0.2) is 11.5 Å². The van der Waals surface area contributed by atoms with Gasteiger partial charge in [0.1, 0.15) is 18.4 Å². The summed E-state index contributed by atoms with van der Waals surface area (Å²) in [5.41, 5.74) is 2.57. The van der Waals surface area contributed by atoms with Crippen LogP contribution in [0.15, 0.2) is 72.8 Å². The van der Waals surface area contributed by atoms with Crippen molar-refractivity contribution in [3.8, 4) is 17.2 Å². The molecule has 0 bridgehead atoms. The number of hydrogen-bond donors (Lipinski definition) is 2. The van der Waals surface area contributed by atoms with Crippen LogP contribution in [0.4, 0.5) is 11.4 Å². The Kier molecular flexibility index (Phi) is 7.16. The topological polar surface area (TPSA) is 68.8 Å². The molecular weight excluding hydrogens is 380 g/mol. The van der Waals surface area contributed by atoms with E-state index in [-0.39, 0.29) is 5.91 Å². The van der Waals surface area contributed by atoms with Crippen molar-refractivity contribution >= 4 is 17.3 Å². The molecule has 156 valence electrons. The number of anilines is 2. The van der Waals surface area contributed by atoms with Gasteiger partial charge in [-0.1, -0.05) is 30.3 Å². The monoisotopic (exact) mass is 406 g/mol. The molecule has 0 saturated heterocycles. The third kappa shape index (κ3) is 5.67. The summed E-state index contributed by atoms with van der Waals surface area (Å²) >= 11 is 0. The molecule has 0 radical (unpaired) electrons. The van der Waals surface area contributed by atoms with Crippen LogP contribution in [-0.2, 0) is 11.4 Å². The summed E-state index contributed by atoms with van der Waals surface area (Å²) in [6.07, 6.45) is 0. The third-order valence-corrected chi connectivity index (χ3v) is 4.53. The van der Waals surface area contributed by atoms with Crippen LogP contribution in [0.3, 0.4) is 0 Å². The molecule has 0 saturated carbocycles. The Hall–Kier alpha value is -3.67. The van der Waals surface area contributed by atoms with Crippen LogP contribution in [0.25, 0.3) is 0 Å². The van der Waals surface area contributed by atoms with E-state index in [9.17, 15) is 4.79 Å². The van der Waals surface area contributed by atoms with Crippen molar-refractivity contribution in [2.75, 3.05) is 24.9 Å². The number of hydrogen-bond acceptors (Lipinski definition) is 5. The second-order valence-electron chi connectivity index (χ2n) is 6.72. The SMILES string of the molecule is COc1ccc(NC(C)C(=O)Nc2ccc(OCc3ccccc3)cc2)cc1OC. The first kappa shape index (κ1) is 21.0. The summed E-state index contributed by atoms with van der Waals surface area (Å²) in [4.78, 5) is 12.5. The fourth-order valence-electron chi connectivity index (χ4n) is 2.87. The Bertz CT molecular complexity index is 959. The molecular formula is C24H26N2O4. The van der Waals surface area contributed by atoms with Crippen LogP contribution in [0.2, 0.25) is 0 Å². The molecule has 0 aromatic heterocycles. The molecule has 0 aliphatic carbocycles. The fraction of sp³-hybridized carbons (Fsp3) is 0.208. The zero-order valence-corrected chi connectivity index (χ0v) is 17.3. The molecule has 1 unspecified atom stereocenters. The largest absolute Gasteiger partial charge is 0.493 e. The van der Waals surface area contributed by atoms with E-state index in [2.05, 4.69) is 10.6 Å². The molecule has 0 fully saturated rings. The van der Waals surface area contributed by atoms with Gasteiger partial charge in [-0.2, -0.15) is 0 Å². The first-order valence-corrected chi connectivity index (χ1v) is 9.65. The first-order chi connectivity index (χ1) is 14.6. The average Bonchev–Trinajstić information content (AvgIpc) is 2.79. The molecule has 0 heterocycles. The van der Waals surface area contributed by atoms with Gasteiger partial charge in [-0.3, -0.25) is 4.79 Å². The highest BCUT2D eigenvalue weighted by Crippen LogP contribution is 2.30. The number of ether oxygens (including phenoxy) is 3. The van der Waals surface area contributed by atoms with Gasteiger partial charge in [0, 0.05) is 17.4 Å². The van der Waals surface area contributed by atoms with Crippen molar-refractivity contribution < 1.29 is 19.0 Å². The van der Waals surface area contributed by atoms with Crippen molar-refractivity contribution in [2.45, 2.75) is 19.6 Å². The van der Waals surface area contributed by atoms with Gasteiger partial charge >= 0.3 is 0 Å².